The van der Waals surface area contributed by atoms with Crippen molar-refractivity contribution in [1.29, 1.82) is 0 Å². The number of rotatable bonds is 11. The zero-order chi connectivity index (χ0) is 23.1. The van der Waals surface area contributed by atoms with Crippen LogP contribution < -0.4 is 4.74 Å². The van der Waals surface area contributed by atoms with Crippen LogP contribution >= 0.6 is 11.3 Å². The number of aliphatic hydroxyl groups is 1. The van der Waals surface area contributed by atoms with Crippen molar-refractivity contribution < 1.29 is 14.6 Å². The lowest BCUT2D eigenvalue weighted by Gasteiger charge is -2.37. The Morgan fingerprint density at radius 2 is 2.22 bits per heavy atom. The van der Waals surface area contributed by atoms with Crippen molar-refractivity contribution in [3.8, 4) is 5.75 Å². The lowest BCUT2D eigenvalue weighted by atomic mass is 10.00. The van der Waals surface area contributed by atoms with Gasteiger partial charge in [-0.3, -0.25) is 9.69 Å². The van der Waals surface area contributed by atoms with Crippen LogP contribution in [0.4, 0.5) is 0 Å². The van der Waals surface area contributed by atoms with Crippen LogP contribution in [0.15, 0.2) is 42.3 Å². The van der Waals surface area contributed by atoms with Crippen molar-refractivity contribution >= 4 is 17.2 Å². The van der Waals surface area contributed by atoms with Crippen molar-refractivity contribution in [2.45, 2.75) is 52.2 Å². The lowest BCUT2D eigenvalue weighted by Crippen LogP contribution is -2.47. The zero-order valence-electron chi connectivity index (χ0n) is 19.5. The third-order valence-electron chi connectivity index (χ3n) is 5.98. The van der Waals surface area contributed by atoms with Gasteiger partial charge < -0.3 is 14.7 Å². The highest BCUT2D eigenvalue weighted by Crippen LogP contribution is 2.34. The molecule has 0 fully saturated rings. The van der Waals surface area contributed by atoms with Gasteiger partial charge in [-0.2, -0.15) is 0 Å². The fourth-order valence-corrected chi connectivity index (χ4v) is 5.32. The van der Waals surface area contributed by atoms with Crippen LogP contribution in [-0.4, -0.2) is 59.7 Å². The van der Waals surface area contributed by atoms with Gasteiger partial charge in [-0.15, -0.1) is 17.9 Å². The van der Waals surface area contributed by atoms with Crippen LogP contribution in [0, 0.1) is 13.8 Å². The van der Waals surface area contributed by atoms with Gasteiger partial charge in [-0.05, 0) is 55.3 Å². The molecule has 2 aromatic rings. The molecule has 0 spiro atoms. The molecule has 0 radical (unpaired) electrons. The van der Waals surface area contributed by atoms with E-state index in [2.05, 4.69) is 50.9 Å². The first-order valence-electron chi connectivity index (χ1n) is 11.5. The molecule has 2 heterocycles. The number of hydrogen-bond donors (Lipinski definition) is 1. The first kappa shape index (κ1) is 24.5. The smallest absolute Gasteiger partial charge is 0.237 e. The maximum atomic E-state index is 13.4. The van der Waals surface area contributed by atoms with Crippen LogP contribution in [0.5, 0.6) is 5.75 Å². The van der Waals surface area contributed by atoms with E-state index < -0.39 is 6.10 Å². The van der Waals surface area contributed by atoms with E-state index in [9.17, 15) is 9.90 Å². The standard InChI is InChI=1S/C26H36N2O3S/c1-5-7-21(29)16-27(12-6-2)17-26(30)28-13-10-25-22(11-14-32-25)23(28)18-31-24-9-8-19(3)15-20(24)4/h6,8-9,11,14-15,21,23,29H,2,5,7,10,12-13,16-18H2,1,3-4H3/t21-,23+/m0/s1. The minimum Gasteiger partial charge on any atom is -0.491 e. The third-order valence-corrected chi connectivity index (χ3v) is 6.98. The molecular formula is C26H36N2O3S. The summed E-state index contributed by atoms with van der Waals surface area (Å²) in [4.78, 5) is 18.7. The Bertz CT molecular complexity index is 910. The highest BCUT2D eigenvalue weighted by atomic mass is 32.1. The molecule has 0 saturated heterocycles. The lowest BCUT2D eigenvalue weighted by molar-refractivity contribution is -0.136. The monoisotopic (exact) mass is 456 g/mol. The number of thiophene rings is 1. The Labute approximate surface area is 196 Å². The molecular weight excluding hydrogens is 420 g/mol. The van der Waals surface area contributed by atoms with E-state index in [1.54, 1.807) is 17.4 Å². The molecule has 2 atom stereocenters. The molecule has 0 saturated carbocycles. The first-order chi connectivity index (χ1) is 15.4. The second-order valence-corrected chi connectivity index (χ2v) is 9.66. The van der Waals surface area contributed by atoms with Gasteiger partial charge in [-0.25, -0.2) is 0 Å². The van der Waals surface area contributed by atoms with Gasteiger partial charge in [0.15, 0.2) is 0 Å². The minimum absolute atomic E-state index is 0.0710. The molecule has 0 unspecified atom stereocenters. The topological polar surface area (TPSA) is 53.0 Å². The number of carbonyl (C=O) groups is 1. The van der Waals surface area contributed by atoms with Gasteiger partial charge in [-0.1, -0.05) is 37.1 Å². The number of aliphatic hydroxyl groups excluding tert-OH is 1. The number of amides is 1. The Hall–Kier alpha value is -2.15. The quantitative estimate of drug-likeness (QED) is 0.505. The number of hydrogen-bond acceptors (Lipinski definition) is 5. The van der Waals surface area contributed by atoms with Gasteiger partial charge in [0, 0.05) is 24.5 Å². The Balaban J connectivity index is 1.74. The van der Waals surface area contributed by atoms with Gasteiger partial charge >= 0.3 is 0 Å². The van der Waals surface area contributed by atoms with Crippen LogP contribution in [0.3, 0.4) is 0 Å². The van der Waals surface area contributed by atoms with Crippen LogP contribution in [0.2, 0.25) is 0 Å². The van der Waals surface area contributed by atoms with Crippen molar-refractivity contribution in [2.24, 2.45) is 0 Å². The third kappa shape index (κ3) is 6.21. The van der Waals surface area contributed by atoms with E-state index in [-0.39, 0.29) is 18.5 Å². The van der Waals surface area contributed by atoms with Crippen molar-refractivity contribution in [2.75, 3.05) is 32.8 Å². The van der Waals surface area contributed by atoms with Crippen molar-refractivity contribution in [1.82, 2.24) is 9.80 Å². The molecule has 0 aliphatic carbocycles. The maximum absolute atomic E-state index is 13.4. The average Bonchev–Trinajstić information content (AvgIpc) is 3.22. The van der Waals surface area contributed by atoms with Crippen LogP contribution in [0.25, 0.3) is 0 Å². The SMILES string of the molecule is C=CCN(CC(=O)N1CCc2sccc2[C@H]1COc1ccc(C)cc1C)C[C@@H](O)CCC. The van der Waals surface area contributed by atoms with Gasteiger partial charge in [0.25, 0.3) is 0 Å². The van der Waals surface area contributed by atoms with E-state index in [0.717, 1.165) is 30.6 Å². The van der Waals surface area contributed by atoms with Gasteiger partial charge in [0.1, 0.15) is 12.4 Å². The van der Waals surface area contributed by atoms with Crippen molar-refractivity contribution in [3.05, 3.63) is 63.9 Å². The Morgan fingerprint density at radius 1 is 1.41 bits per heavy atom. The van der Waals surface area contributed by atoms with Gasteiger partial charge in [0.05, 0.1) is 18.7 Å². The molecule has 174 valence electrons. The molecule has 1 N–H and O–H groups in total. The van der Waals surface area contributed by atoms with Gasteiger partial charge in [0.2, 0.25) is 5.91 Å². The molecule has 0 bridgehead atoms. The normalized spacial score (nSPS) is 16.7. The second-order valence-electron chi connectivity index (χ2n) is 8.66. The first-order valence-corrected chi connectivity index (χ1v) is 12.4. The fraction of sp³-hybridized carbons (Fsp3) is 0.500. The number of benzene rings is 1. The number of aryl methyl sites for hydroxylation is 2. The number of carbonyl (C=O) groups excluding carboxylic acids is 1. The van der Waals surface area contributed by atoms with E-state index >= 15 is 0 Å². The fourth-order valence-electron chi connectivity index (χ4n) is 4.40. The summed E-state index contributed by atoms with van der Waals surface area (Å²) in [6.07, 6.45) is 3.89. The van der Waals surface area contributed by atoms with E-state index in [1.165, 1.54) is 16.0 Å². The molecule has 1 aliphatic heterocycles. The zero-order valence-corrected chi connectivity index (χ0v) is 20.4. The van der Waals surface area contributed by atoms with Crippen LogP contribution in [0.1, 0.15) is 47.4 Å². The number of nitrogens with zero attached hydrogens (tertiary/aromatic N) is 2. The summed E-state index contributed by atoms with van der Waals surface area (Å²) in [6, 6.07) is 8.20. The van der Waals surface area contributed by atoms with Crippen LogP contribution in [-0.2, 0) is 11.2 Å². The summed E-state index contributed by atoms with van der Waals surface area (Å²) in [5.74, 6) is 0.933. The molecule has 6 heteroatoms. The summed E-state index contributed by atoms with van der Waals surface area (Å²) in [6.45, 7) is 12.4. The van der Waals surface area contributed by atoms with Crippen molar-refractivity contribution in [3.63, 3.8) is 0 Å². The Morgan fingerprint density at radius 3 is 2.94 bits per heavy atom. The molecule has 1 amide bonds. The summed E-state index contributed by atoms with van der Waals surface area (Å²) in [5, 5.41) is 12.4. The summed E-state index contributed by atoms with van der Waals surface area (Å²) in [5.41, 5.74) is 3.50. The average molecular weight is 457 g/mol. The highest BCUT2D eigenvalue weighted by molar-refractivity contribution is 7.10. The number of fused-ring (bicyclic) bond motifs is 1. The maximum Gasteiger partial charge on any atom is 0.237 e. The molecule has 1 aromatic heterocycles. The van der Waals surface area contributed by atoms with E-state index in [4.69, 9.17) is 4.74 Å². The predicted octanol–water partition coefficient (Wildman–Crippen LogP) is 4.52. The summed E-state index contributed by atoms with van der Waals surface area (Å²) in [7, 11) is 0. The number of ether oxygens (including phenoxy) is 1. The largest absolute Gasteiger partial charge is 0.491 e. The molecule has 32 heavy (non-hydrogen) atoms. The predicted molar refractivity (Wildman–Crippen MR) is 131 cm³/mol. The second kappa shape index (κ2) is 11.6. The molecule has 5 nitrogen and oxygen atoms in total. The molecule has 3 rings (SSSR count). The molecule has 1 aliphatic rings. The Kier molecular flexibility index (Phi) is 8.91. The summed E-state index contributed by atoms with van der Waals surface area (Å²) < 4.78 is 6.23. The highest BCUT2D eigenvalue weighted by Gasteiger charge is 2.33. The van der Waals surface area contributed by atoms with E-state index in [0.29, 0.717) is 26.2 Å². The van der Waals surface area contributed by atoms with E-state index in [1.807, 2.05) is 15.9 Å². The minimum atomic E-state index is -0.429. The summed E-state index contributed by atoms with van der Waals surface area (Å²) >= 11 is 1.76. The molecule has 1 aromatic carbocycles.